The van der Waals surface area contributed by atoms with E-state index in [4.69, 9.17) is 0 Å². The van der Waals surface area contributed by atoms with Crippen LogP contribution in [-0.4, -0.2) is 0 Å². The standard InChI is InChI=1S/C22H28/c1-15(2)19-13-20(16(3)4)22(21(14-19)17(5)6)12-18-10-8-7-9-11-18/h7-11,13-17H,1-6H3. The monoisotopic (exact) mass is 292 g/mol. The van der Waals surface area contributed by atoms with Crippen molar-refractivity contribution in [2.24, 2.45) is 17.8 Å². The summed E-state index contributed by atoms with van der Waals surface area (Å²) in [5.41, 5.74) is 5.28. The Morgan fingerprint density at radius 3 is 1.68 bits per heavy atom. The van der Waals surface area contributed by atoms with Gasteiger partial charge in [0.05, 0.1) is 0 Å². The molecule has 0 nitrogen and oxygen atoms in total. The lowest BCUT2D eigenvalue weighted by molar-refractivity contribution is 0.680. The number of benzene rings is 1. The van der Waals surface area contributed by atoms with Crippen LogP contribution in [0.3, 0.4) is 0 Å². The average molecular weight is 292 g/mol. The molecule has 0 aromatic heterocycles. The third-order valence-electron chi connectivity index (χ3n) is 4.18. The first-order valence-electron chi connectivity index (χ1n) is 8.40. The highest BCUT2D eigenvalue weighted by Crippen LogP contribution is 2.39. The molecule has 0 saturated heterocycles. The van der Waals surface area contributed by atoms with E-state index in [1.54, 1.807) is 0 Å². The van der Waals surface area contributed by atoms with Crippen LogP contribution in [0, 0.1) is 29.7 Å². The number of allylic oxidation sites excluding steroid dienone is 5. The Kier molecular flexibility index (Phi) is 5.27. The lowest BCUT2D eigenvalue weighted by atomic mass is 9.75. The molecule has 1 aromatic rings. The van der Waals surface area contributed by atoms with Gasteiger partial charge in [-0.05, 0) is 18.2 Å². The maximum atomic E-state index is 3.67. The van der Waals surface area contributed by atoms with Crippen molar-refractivity contribution >= 4 is 0 Å². The molecule has 0 unspecified atom stereocenters. The fourth-order valence-electron chi connectivity index (χ4n) is 2.77. The second-order valence-corrected chi connectivity index (χ2v) is 7.03. The molecule has 0 bridgehead atoms. The smallest absolute Gasteiger partial charge is 0.113 e. The van der Waals surface area contributed by atoms with E-state index >= 15 is 0 Å². The second-order valence-electron chi connectivity index (χ2n) is 7.03. The molecule has 0 saturated carbocycles. The molecule has 116 valence electrons. The predicted molar refractivity (Wildman–Crippen MR) is 96.2 cm³/mol. The van der Waals surface area contributed by atoms with E-state index in [1.165, 1.54) is 22.6 Å². The van der Waals surface area contributed by atoms with Crippen molar-refractivity contribution in [3.63, 3.8) is 0 Å². The summed E-state index contributed by atoms with van der Waals surface area (Å²) in [4.78, 5) is 0. The Hall–Kier alpha value is -1.78. The number of hydrogen-bond donors (Lipinski definition) is 0. The molecule has 0 heterocycles. The van der Waals surface area contributed by atoms with Gasteiger partial charge in [0.2, 0.25) is 0 Å². The van der Waals surface area contributed by atoms with Gasteiger partial charge in [0.15, 0.2) is 0 Å². The molecule has 0 spiro atoms. The maximum absolute atomic E-state index is 3.67. The minimum Gasteiger partial charge on any atom is -0.113 e. The van der Waals surface area contributed by atoms with Crippen molar-refractivity contribution < 1.29 is 0 Å². The van der Waals surface area contributed by atoms with E-state index in [2.05, 4.69) is 90.1 Å². The summed E-state index contributed by atoms with van der Waals surface area (Å²) in [6.07, 6.45) is 8.43. The van der Waals surface area contributed by atoms with Crippen molar-refractivity contribution in [3.05, 3.63) is 76.8 Å². The molecule has 0 heteroatoms. The van der Waals surface area contributed by atoms with E-state index in [9.17, 15) is 0 Å². The number of hydrogen-bond acceptors (Lipinski definition) is 0. The largest absolute Gasteiger partial charge is 0.126 e. The van der Waals surface area contributed by atoms with Crippen LogP contribution in [0.5, 0.6) is 0 Å². The highest BCUT2D eigenvalue weighted by atomic mass is 14.3. The third-order valence-corrected chi connectivity index (χ3v) is 4.18. The van der Waals surface area contributed by atoms with Crippen LogP contribution in [0.4, 0.5) is 0 Å². The van der Waals surface area contributed by atoms with Gasteiger partial charge >= 0.3 is 0 Å². The lowest BCUT2D eigenvalue weighted by Crippen LogP contribution is -2.15. The van der Waals surface area contributed by atoms with Crippen molar-refractivity contribution in [2.45, 2.75) is 41.5 Å². The molecule has 0 atom stereocenters. The summed E-state index contributed by atoms with van der Waals surface area (Å²) < 4.78 is 0. The molecule has 1 aliphatic rings. The van der Waals surface area contributed by atoms with E-state index in [0.29, 0.717) is 17.8 Å². The SMILES string of the molecule is CC(C)C1=C[C-](C(C)C)C=C(C(C)C)C1=[C+]c1ccccc1. The van der Waals surface area contributed by atoms with Crippen LogP contribution in [0.1, 0.15) is 47.1 Å². The highest BCUT2D eigenvalue weighted by molar-refractivity contribution is 5.57. The Labute approximate surface area is 136 Å². The average Bonchev–Trinajstić information content (AvgIpc) is 2.47. The van der Waals surface area contributed by atoms with Gasteiger partial charge in [0.1, 0.15) is 11.1 Å². The first-order chi connectivity index (χ1) is 10.4. The Bertz CT molecular complexity index is 552. The second kappa shape index (κ2) is 6.99. The summed E-state index contributed by atoms with van der Waals surface area (Å²) in [7, 11) is 0. The molecule has 0 aliphatic heterocycles. The fourth-order valence-corrected chi connectivity index (χ4v) is 2.77. The van der Waals surface area contributed by atoms with Crippen molar-refractivity contribution in [1.82, 2.24) is 0 Å². The molecule has 0 fully saturated rings. The van der Waals surface area contributed by atoms with Crippen LogP contribution in [0.25, 0.3) is 0 Å². The van der Waals surface area contributed by atoms with Gasteiger partial charge in [-0.1, -0.05) is 59.6 Å². The van der Waals surface area contributed by atoms with Gasteiger partial charge < -0.3 is 0 Å². The van der Waals surface area contributed by atoms with E-state index in [0.717, 1.165) is 5.56 Å². The molecule has 0 amide bonds. The fraction of sp³-hybridized carbons (Fsp3) is 0.409. The maximum Gasteiger partial charge on any atom is 0.126 e. The van der Waals surface area contributed by atoms with E-state index in [1.807, 2.05) is 0 Å². The van der Waals surface area contributed by atoms with Crippen LogP contribution in [-0.2, 0) is 0 Å². The number of rotatable bonds is 4. The summed E-state index contributed by atoms with van der Waals surface area (Å²) in [5, 5.41) is 0. The van der Waals surface area contributed by atoms with E-state index < -0.39 is 0 Å². The third kappa shape index (κ3) is 3.70. The molecule has 1 aromatic carbocycles. The molecule has 0 N–H and O–H groups in total. The van der Waals surface area contributed by atoms with E-state index in [-0.39, 0.29) is 0 Å². The van der Waals surface area contributed by atoms with Crippen molar-refractivity contribution in [2.75, 3.05) is 0 Å². The Morgan fingerprint density at radius 2 is 1.27 bits per heavy atom. The van der Waals surface area contributed by atoms with Gasteiger partial charge in [0, 0.05) is 41.2 Å². The zero-order valence-corrected chi connectivity index (χ0v) is 14.8. The normalized spacial score (nSPS) is 15.3. The summed E-state index contributed by atoms with van der Waals surface area (Å²) in [6, 6.07) is 10.5. The van der Waals surface area contributed by atoms with Crippen LogP contribution in [0.15, 0.2) is 59.2 Å². The van der Waals surface area contributed by atoms with Gasteiger partial charge in [-0.3, -0.25) is 0 Å². The van der Waals surface area contributed by atoms with Crippen molar-refractivity contribution in [1.29, 1.82) is 0 Å². The lowest BCUT2D eigenvalue weighted by Gasteiger charge is -2.28. The zero-order valence-electron chi connectivity index (χ0n) is 14.8. The predicted octanol–water partition coefficient (Wildman–Crippen LogP) is 6.17. The van der Waals surface area contributed by atoms with Crippen LogP contribution < -0.4 is 0 Å². The minimum absolute atomic E-state index is 0.502. The molecular weight excluding hydrogens is 264 g/mol. The van der Waals surface area contributed by atoms with Crippen LogP contribution >= 0.6 is 0 Å². The van der Waals surface area contributed by atoms with Gasteiger partial charge in [-0.2, -0.15) is 0 Å². The summed E-state index contributed by atoms with van der Waals surface area (Å²) in [6.45, 7) is 13.7. The Balaban J connectivity index is 2.54. The summed E-state index contributed by atoms with van der Waals surface area (Å²) >= 11 is 0. The first kappa shape index (κ1) is 16.6. The minimum atomic E-state index is 0.502. The van der Waals surface area contributed by atoms with Gasteiger partial charge in [-0.15, -0.1) is 5.92 Å². The highest BCUT2D eigenvalue weighted by Gasteiger charge is 2.28. The van der Waals surface area contributed by atoms with Gasteiger partial charge in [0.25, 0.3) is 0 Å². The van der Waals surface area contributed by atoms with Crippen LogP contribution in [0.2, 0.25) is 0 Å². The molecule has 2 rings (SSSR count). The summed E-state index contributed by atoms with van der Waals surface area (Å²) in [5.74, 6) is 3.00. The molecule has 0 radical (unpaired) electrons. The molecule has 22 heavy (non-hydrogen) atoms. The Morgan fingerprint density at radius 1 is 0.773 bits per heavy atom. The molecule has 1 aliphatic carbocycles. The topological polar surface area (TPSA) is 0 Å². The first-order valence-corrected chi connectivity index (χ1v) is 8.40. The molecular formula is C22H28. The zero-order chi connectivity index (χ0) is 16.3. The quantitative estimate of drug-likeness (QED) is 0.582. The van der Waals surface area contributed by atoms with Gasteiger partial charge in [-0.25, -0.2) is 0 Å². The van der Waals surface area contributed by atoms with Crippen molar-refractivity contribution in [3.8, 4) is 0 Å².